The van der Waals surface area contributed by atoms with Gasteiger partial charge in [-0.2, -0.15) is 0 Å². The summed E-state index contributed by atoms with van der Waals surface area (Å²) in [5.74, 6) is 2.45. The van der Waals surface area contributed by atoms with E-state index in [1.54, 1.807) is 14.2 Å². The van der Waals surface area contributed by atoms with Gasteiger partial charge in [-0.3, -0.25) is 0 Å². The van der Waals surface area contributed by atoms with Gasteiger partial charge in [0.2, 0.25) is 0 Å². The Morgan fingerprint density at radius 3 is 2.38 bits per heavy atom. The highest BCUT2D eigenvalue weighted by Gasteiger charge is 2.22. The van der Waals surface area contributed by atoms with E-state index in [1.807, 2.05) is 48.5 Å². The van der Waals surface area contributed by atoms with E-state index < -0.39 is 0 Å². The zero-order chi connectivity index (χ0) is 20.2. The maximum atomic E-state index is 9.85. The first-order valence-corrected chi connectivity index (χ1v) is 9.94. The third-order valence-corrected chi connectivity index (χ3v) is 5.47. The third-order valence-electron chi connectivity index (χ3n) is 5.47. The second-order valence-corrected chi connectivity index (χ2v) is 7.33. The number of anilines is 2. The molecule has 0 unspecified atom stereocenters. The molecular weight excluding hydrogens is 366 g/mol. The standard InChI is InChI=1S/C23H27N3O3/c1-28-20-12-19(13-21(14-20)29-2)24-18-7-9-26(10-8-18)23-17(15-27)11-16-5-3-4-6-22(16)25-23/h3-6,11-14,18,24,27H,7-10,15H2,1-2H3. The molecule has 1 saturated heterocycles. The molecule has 0 radical (unpaired) electrons. The van der Waals surface area contributed by atoms with Gasteiger partial charge < -0.3 is 24.8 Å². The number of hydrogen-bond donors (Lipinski definition) is 2. The number of hydrogen-bond acceptors (Lipinski definition) is 6. The Balaban J connectivity index is 1.47. The van der Waals surface area contributed by atoms with Crippen molar-refractivity contribution in [2.24, 2.45) is 0 Å². The maximum absolute atomic E-state index is 9.85. The monoisotopic (exact) mass is 393 g/mol. The number of aliphatic hydroxyl groups excluding tert-OH is 1. The van der Waals surface area contributed by atoms with Crippen molar-refractivity contribution in [3.8, 4) is 11.5 Å². The summed E-state index contributed by atoms with van der Waals surface area (Å²) in [6, 6.07) is 16.3. The van der Waals surface area contributed by atoms with Crippen LogP contribution < -0.4 is 19.7 Å². The fourth-order valence-electron chi connectivity index (χ4n) is 3.90. The highest BCUT2D eigenvalue weighted by atomic mass is 16.5. The first-order chi connectivity index (χ1) is 14.2. The maximum Gasteiger partial charge on any atom is 0.134 e. The van der Waals surface area contributed by atoms with E-state index in [0.29, 0.717) is 6.04 Å². The Labute approximate surface area is 171 Å². The average Bonchev–Trinajstić information content (AvgIpc) is 2.78. The number of pyridine rings is 1. The minimum atomic E-state index is -0.00501. The van der Waals surface area contributed by atoms with Gasteiger partial charge in [0.05, 0.1) is 26.3 Å². The highest BCUT2D eigenvalue weighted by Crippen LogP contribution is 2.29. The summed E-state index contributed by atoms with van der Waals surface area (Å²) in [5.41, 5.74) is 2.84. The molecule has 0 bridgehead atoms. The molecule has 1 aliphatic rings. The van der Waals surface area contributed by atoms with Gasteiger partial charge in [0.25, 0.3) is 0 Å². The Hall–Kier alpha value is -2.99. The molecule has 6 heteroatoms. The van der Waals surface area contributed by atoms with Crippen molar-refractivity contribution in [3.63, 3.8) is 0 Å². The summed E-state index contributed by atoms with van der Waals surface area (Å²) in [6.45, 7) is 1.77. The molecule has 0 saturated carbocycles. The molecule has 0 atom stereocenters. The number of para-hydroxylation sites is 1. The smallest absolute Gasteiger partial charge is 0.134 e. The number of ether oxygens (including phenoxy) is 2. The van der Waals surface area contributed by atoms with Crippen molar-refractivity contribution in [2.75, 3.05) is 37.5 Å². The van der Waals surface area contributed by atoms with Gasteiger partial charge in [-0.05, 0) is 25.0 Å². The van der Waals surface area contributed by atoms with E-state index >= 15 is 0 Å². The molecule has 1 aliphatic heterocycles. The van der Waals surface area contributed by atoms with Crippen LogP contribution in [0.2, 0.25) is 0 Å². The topological polar surface area (TPSA) is 66.9 Å². The van der Waals surface area contributed by atoms with Gasteiger partial charge in [0.15, 0.2) is 0 Å². The van der Waals surface area contributed by atoms with Crippen LogP contribution in [-0.2, 0) is 6.61 Å². The molecule has 0 aliphatic carbocycles. The molecule has 152 valence electrons. The van der Waals surface area contributed by atoms with E-state index in [1.165, 1.54) is 0 Å². The zero-order valence-electron chi connectivity index (χ0n) is 16.9. The average molecular weight is 393 g/mol. The molecule has 0 amide bonds. The van der Waals surface area contributed by atoms with Crippen molar-refractivity contribution in [2.45, 2.75) is 25.5 Å². The van der Waals surface area contributed by atoms with Crippen molar-refractivity contribution in [3.05, 3.63) is 54.1 Å². The number of piperidine rings is 1. The molecule has 4 rings (SSSR count). The molecular formula is C23H27N3O3. The second kappa shape index (κ2) is 8.57. The summed E-state index contributed by atoms with van der Waals surface area (Å²) in [6.07, 6.45) is 1.97. The zero-order valence-corrected chi connectivity index (χ0v) is 16.9. The predicted octanol–water partition coefficient (Wildman–Crippen LogP) is 3.83. The Kier molecular flexibility index (Phi) is 5.71. The predicted molar refractivity (Wildman–Crippen MR) is 116 cm³/mol. The van der Waals surface area contributed by atoms with Crippen LogP contribution in [0.5, 0.6) is 11.5 Å². The Morgan fingerprint density at radius 1 is 1.03 bits per heavy atom. The Bertz CT molecular complexity index is 962. The highest BCUT2D eigenvalue weighted by molar-refractivity contribution is 5.81. The SMILES string of the molecule is COc1cc(NC2CCN(c3nc4ccccc4cc3CO)CC2)cc(OC)c1. The first-order valence-electron chi connectivity index (χ1n) is 9.94. The quantitative estimate of drug-likeness (QED) is 0.664. The third kappa shape index (κ3) is 4.22. The van der Waals surface area contributed by atoms with E-state index in [0.717, 1.165) is 65.4 Å². The fourth-order valence-corrected chi connectivity index (χ4v) is 3.90. The van der Waals surface area contributed by atoms with Crippen LogP contribution in [0.25, 0.3) is 10.9 Å². The lowest BCUT2D eigenvalue weighted by atomic mass is 10.0. The minimum Gasteiger partial charge on any atom is -0.497 e. The van der Waals surface area contributed by atoms with Crippen LogP contribution in [0.4, 0.5) is 11.5 Å². The molecule has 1 fully saturated rings. The number of aromatic nitrogens is 1. The first kappa shape index (κ1) is 19.3. The van der Waals surface area contributed by atoms with E-state index in [4.69, 9.17) is 14.5 Å². The van der Waals surface area contributed by atoms with Gasteiger partial charge in [0, 0.05) is 54.0 Å². The van der Waals surface area contributed by atoms with Crippen LogP contribution in [0.1, 0.15) is 18.4 Å². The van der Waals surface area contributed by atoms with Crippen LogP contribution in [0.15, 0.2) is 48.5 Å². The fraction of sp³-hybridized carbons (Fsp3) is 0.348. The van der Waals surface area contributed by atoms with Gasteiger partial charge >= 0.3 is 0 Å². The van der Waals surface area contributed by atoms with Crippen LogP contribution in [0.3, 0.4) is 0 Å². The molecule has 29 heavy (non-hydrogen) atoms. The summed E-state index contributed by atoms with van der Waals surface area (Å²) in [5, 5.41) is 14.5. The molecule has 1 aromatic heterocycles. The minimum absolute atomic E-state index is 0.00501. The molecule has 0 spiro atoms. The molecule has 6 nitrogen and oxygen atoms in total. The summed E-state index contributed by atoms with van der Waals surface area (Å²) < 4.78 is 10.7. The number of rotatable bonds is 6. The lowest BCUT2D eigenvalue weighted by Crippen LogP contribution is -2.40. The van der Waals surface area contributed by atoms with Gasteiger partial charge in [-0.1, -0.05) is 18.2 Å². The van der Waals surface area contributed by atoms with E-state index in [-0.39, 0.29) is 6.61 Å². The molecule has 2 aromatic carbocycles. The van der Waals surface area contributed by atoms with Gasteiger partial charge in [-0.15, -0.1) is 0 Å². The van der Waals surface area contributed by atoms with Crippen molar-refractivity contribution in [1.82, 2.24) is 4.98 Å². The number of nitrogens with one attached hydrogen (secondary N) is 1. The number of fused-ring (bicyclic) bond motifs is 1. The van der Waals surface area contributed by atoms with Crippen LogP contribution in [-0.4, -0.2) is 43.4 Å². The summed E-state index contributed by atoms with van der Waals surface area (Å²) in [7, 11) is 3.32. The van der Waals surface area contributed by atoms with Gasteiger partial charge in [0.1, 0.15) is 17.3 Å². The second-order valence-electron chi connectivity index (χ2n) is 7.33. The summed E-state index contributed by atoms with van der Waals surface area (Å²) in [4.78, 5) is 7.12. The lowest BCUT2D eigenvalue weighted by Gasteiger charge is -2.34. The normalized spacial score (nSPS) is 14.8. The molecule has 2 heterocycles. The van der Waals surface area contributed by atoms with Crippen molar-refractivity contribution < 1.29 is 14.6 Å². The van der Waals surface area contributed by atoms with Crippen molar-refractivity contribution in [1.29, 1.82) is 0 Å². The number of nitrogens with zero attached hydrogens (tertiary/aromatic N) is 2. The van der Waals surface area contributed by atoms with Crippen LogP contribution >= 0.6 is 0 Å². The van der Waals surface area contributed by atoms with Gasteiger partial charge in [-0.25, -0.2) is 4.98 Å². The lowest BCUT2D eigenvalue weighted by molar-refractivity contribution is 0.281. The number of benzene rings is 2. The number of aliphatic hydroxyl groups is 1. The summed E-state index contributed by atoms with van der Waals surface area (Å²) >= 11 is 0. The number of methoxy groups -OCH3 is 2. The van der Waals surface area contributed by atoms with E-state index in [2.05, 4.69) is 10.2 Å². The largest absolute Gasteiger partial charge is 0.497 e. The van der Waals surface area contributed by atoms with Crippen molar-refractivity contribution >= 4 is 22.4 Å². The van der Waals surface area contributed by atoms with Crippen LogP contribution in [0, 0.1) is 0 Å². The molecule has 3 aromatic rings. The Morgan fingerprint density at radius 2 is 1.72 bits per heavy atom. The van der Waals surface area contributed by atoms with E-state index in [9.17, 15) is 5.11 Å². The molecule has 2 N–H and O–H groups in total.